The van der Waals surface area contributed by atoms with Crippen molar-refractivity contribution in [3.05, 3.63) is 42.7 Å². The maximum Gasteiger partial charge on any atom is 0.242 e. The zero-order chi connectivity index (χ0) is 17.2. The van der Waals surface area contributed by atoms with E-state index in [2.05, 4.69) is 20.0 Å². The van der Waals surface area contributed by atoms with Crippen molar-refractivity contribution in [3.63, 3.8) is 0 Å². The van der Waals surface area contributed by atoms with Crippen LogP contribution in [0.4, 0.5) is 5.82 Å². The Morgan fingerprint density at radius 1 is 1.08 bits per heavy atom. The molecule has 1 fully saturated rings. The van der Waals surface area contributed by atoms with Gasteiger partial charge < -0.3 is 14.4 Å². The van der Waals surface area contributed by atoms with Crippen LogP contribution in [0.25, 0.3) is 5.65 Å². The number of carbonyl (C=O) groups is 1. The summed E-state index contributed by atoms with van der Waals surface area (Å²) in [5, 5.41) is 4.58. The molecule has 1 aliphatic rings. The Bertz CT molecular complexity index is 876. The summed E-state index contributed by atoms with van der Waals surface area (Å²) in [5.41, 5.74) is 0.838. The van der Waals surface area contributed by atoms with Gasteiger partial charge in [0.2, 0.25) is 5.91 Å². The minimum Gasteiger partial charge on any atom is -0.352 e. The maximum atomic E-state index is 12.5. The molecule has 4 heterocycles. The predicted octanol–water partition coefficient (Wildman–Crippen LogP) is 0.837. The number of anilines is 1. The van der Waals surface area contributed by atoms with E-state index in [1.807, 2.05) is 40.9 Å². The zero-order valence-electron chi connectivity index (χ0n) is 14.2. The fourth-order valence-electron chi connectivity index (χ4n) is 3.20. The van der Waals surface area contributed by atoms with Crippen LogP contribution in [0.15, 0.2) is 36.9 Å². The predicted molar refractivity (Wildman–Crippen MR) is 93.4 cm³/mol. The summed E-state index contributed by atoms with van der Waals surface area (Å²) < 4.78 is 3.71. The molecular formula is C17H21N7O. The number of aryl methyl sites for hydroxylation is 1. The number of carbonyl (C=O) groups excluding carboxylic acids is 1. The second kappa shape index (κ2) is 6.54. The van der Waals surface area contributed by atoms with Gasteiger partial charge in [-0.1, -0.05) is 6.92 Å². The standard InChI is InChI=1S/C17H21N7O/c1-2-14-18-5-7-23(14)13-17(25)22-11-9-21(10-12-22)16-4-3-15-19-6-8-24(15)20-16/h3-8H,2,9-13H2,1H3. The van der Waals surface area contributed by atoms with E-state index in [0.29, 0.717) is 19.6 Å². The molecule has 3 aromatic rings. The van der Waals surface area contributed by atoms with Gasteiger partial charge in [-0.2, -0.15) is 0 Å². The van der Waals surface area contributed by atoms with Crippen molar-refractivity contribution in [3.8, 4) is 0 Å². The molecule has 0 spiro atoms. The second-order valence-electron chi connectivity index (χ2n) is 6.11. The number of hydrogen-bond acceptors (Lipinski definition) is 5. The van der Waals surface area contributed by atoms with Gasteiger partial charge in [0.05, 0.1) is 0 Å². The monoisotopic (exact) mass is 339 g/mol. The molecule has 0 N–H and O–H groups in total. The van der Waals surface area contributed by atoms with Gasteiger partial charge in [-0.3, -0.25) is 4.79 Å². The molecular weight excluding hydrogens is 318 g/mol. The zero-order valence-corrected chi connectivity index (χ0v) is 14.2. The molecule has 0 radical (unpaired) electrons. The number of hydrogen-bond donors (Lipinski definition) is 0. The van der Waals surface area contributed by atoms with Crippen molar-refractivity contribution < 1.29 is 4.79 Å². The van der Waals surface area contributed by atoms with E-state index >= 15 is 0 Å². The van der Waals surface area contributed by atoms with E-state index in [-0.39, 0.29) is 5.91 Å². The SMILES string of the molecule is CCc1nccn1CC(=O)N1CCN(c2ccc3nccn3n2)CC1. The molecule has 0 saturated carbocycles. The second-order valence-corrected chi connectivity index (χ2v) is 6.11. The van der Waals surface area contributed by atoms with Crippen molar-refractivity contribution in [1.82, 2.24) is 29.0 Å². The molecule has 0 aliphatic carbocycles. The lowest BCUT2D eigenvalue weighted by molar-refractivity contribution is -0.132. The molecule has 4 rings (SSSR count). The molecule has 3 aromatic heterocycles. The molecule has 25 heavy (non-hydrogen) atoms. The third kappa shape index (κ3) is 3.07. The lowest BCUT2D eigenvalue weighted by atomic mass is 10.3. The van der Waals surface area contributed by atoms with Crippen LogP contribution in [0.5, 0.6) is 0 Å². The van der Waals surface area contributed by atoms with Gasteiger partial charge in [-0.15, -0.1) is 5.10 Å². The highest BCUT2D eigenvalue weighted by Gasteiger charge is 2.22. The minimum atomic E-state index is 0.144. The largest absolute Gasteiger partial charge is 0.352 e. The highest BCUT2D eigenvalue weighted by molar-refractivity contribution is 5.76. The van der Waals surface area contributed by atoms with Crippen LogP contribution in [0.1, 0.15) is 12.7 Å². The summed E-state index contributed by atoms with van der Waals surface area (Å²) in [6.07, 6.45) is 8.04. The highest BCUT2D eigenvalue weighted by Crippen LogP contribution is 2.14. The lowest BCUT2D eigenvalue weighted by Gasteiger charge is -2.35. The first kappa shape index (κ1) is 15.6. The van der Waals surface area contributed by atoms with E-state index in [1.165, 1.54) is 0 Å². The summed E-state index contributed by atoms with van der Waals surface area (Å²) in [6.45, 7) is 5.39. The number of rotatable bonds is 4. The number of amides is 1. The highest BCUT2D eigenvalue weighted by atomic mass is 16.2. The van der Waals surface area contributed by atoms with E-state index in [1.54, 1.807) is 16.9 Å². The molecule has 0 unspecified atom stereocenters. The quantitative estimate of drug-likeness (QED) is 0.704. The van der Waals surface area contributed by atoms with Gasteiger partial charge in [0.15, 0.2) is 5.65 Å². The van der Waals surface area contributed by atoms with Crippen molar-refractivity contribution in [2.24, 2.45) is 0 Å². The molecule has 1 aliphatic heterocycles. The third-order valence-corrected chi connectivity index (χ3v) is 4.62. The van der Waals surface area contributed by atoms with Gasteiger partial charge in [0.1, 0.15) is 18.2 Å². The average Bonchev–Trinajstić information content (AvgIpc) is 3.29. The van der Waals surface area contributed by atoms with Crippen molar-refractivity contribution >= 4 is 17.4 Å². The number of fused-ring (bicyclic) bond motifs is 1. The van der Waals surface area contributed by atoms with Crippen molar-refractivity contribution in [2.75, 3.05) is 31.1 Å². The molecule has 0 bridgehead atoms. The van der Waals surface area contributed by atoms with Gasteiger partial charge in [0.25, 0.3) is 0 Å². The van der Waals surface area contributed by atoms with E-state index < -0.39 is 0 Å². The maximum absolute atomic E-state index is 12.5. The van der Waals surface area contributed by atoms with E-state index in [4.69, 9.17) is 0 Å². The molecule has 1 saturated heterocycles. The lowest BCUT2D eigenvalue weighted by Crippen LogP contribution is -2.50. The third-order valence-electron chi connectivity index (χ3n) is 4.62. The first-order valence-corrected chi connectivity index (χ1v) is 8.57. The van der Waals surface area contributed by atoms with Gasteiger partial charge in [-0.05, 0) is 12.1 Å². The number of nitrogens with zero attached hydrogens (tertiary/aromatic N) is 7. The molecule has 0 aromatic carbocycles. The Labute approximate surface area is 145 Å². The van der Waals surface area contributed by atoms with Crippen LogP contribution in [0, 0.1) is 0 Å². The Kier molecular flexibility index (Phi) is 4.09. The van der Waals surface area contributed by atoms with Gasteiger partial charge >= 0.3 is 0 Å². The van der Waals surface area contributed by atoms with Crippen LogP contribution in [-0.2, 0) is 17.8 Å². The van der Waals surface area contributed by atoms with Crippen LogP contribution in [0.3, 0.4) is 0 Å². The number of piperazine rings is 1. The Hall–Kier alpha value is -2.90. The van der Waals surface area contributed by atoms with E-state index in [0.717, 1.165) is 36.8 Å². The smallest absolute Gasteiger partial charge is 0.242 e. The van der Waals surface area contributed by atoms with Crippen LogP contribution < -0.4 is 4.90 Å². The molecule has 8 nitrogen and oxygen atoms in total. The van der Waals surface area contributed by atoms with E-state index in [9.17, 15) is 4.79 Å². The fourth-order valence-corrected chi connectivity index (χ4v) is 3.20. The average molecular weight is 339 g/mol. The number of imidazole rings is 2. The van der Waals surface area contributed by atoms with Gasteiger partial charge in [0, 0.05) is 57.4 Å². The van der Waals surface area contributed by atoms with Crippen molar-refractivity contribution in [2.45, 2.75) is 19.9 Å². The fraction of sp³-hybridized carbons (Fsp3) is 0.412. The topological polar surface area (TPSA) is 71.6 Å². The van der Waals surface area contributed by atoms with Crippen LogP contribution in [0.2, 0.25) is 0 Å². The summed E-state index contributed by atoms with van der Waals surface area (Å²) in [5.74, 6) is 2.01. The molecule has 8 heteroatoms. The normalized spacial score (nSPS) is 15.1. The van der Waals surface area contributed by atoms with Gasteiger partial charge in [-0.25, -0.2) is 14.5 Å². The molecule has 1 amide bonds. The first-order valence-electron chi connectivity index (χ1n) is 8.57. The summed E-state index contributed by atoms with van der Waals surface area (Å²) in [4.78, 5) is 25.2. The summed E-state index contributed by atoms with van der Waals surface area (Å²) in [6, 6.07) is 3.95. The Morgan fingerprint density at radius 3 is 2.68 bits per heavy atom. The minimum absolute atomic E-state index is 0.144. The van der Waals surface area contributed by atoms with Crippen LogP contribution >= 0.6 is 0 Å². The Morgan fingerprint density at radius 2 is 1.88 bits per heavy atom. The molecule has 130 valence electrons. The molecule has 0 atom stereocenters. The van der Waals surface area contributed by atoms with Crippen molar-refractivity contribution in [1.29, 1.82) is 0 Å². The first-order chi connectivity index (χ1) is 12.2. The van der Waals surface area contributed by atoms with Crippen LogP contribution in [-0.4, -0.2) is 61.1 Å². The number of aromatic nitrogens is 5. The summed E-state index contributed by atoms with van der Waals surface area (Å²) in [7, 11) is 0. The summed E-state index contributed by atoms with van der Waals surface area (Å²) >= 11 is 0. The Balaban J connectivity index is 1.38.